The zero-order chi connectivity index (χ0) is 15.8. The van der Waals surface area contributed by atoms with E-state index < -0.39 is 0 Å². The monoisotopic (exact) mass is 312 g/mol. The van der Waals surface area contributed by atoms with Crippen molar-refractivity contribution in [3.8, 4) is 0 Å². The van der Waals surface area contributed by atoms with Gasteiger partial charge in [-0.3, -0.25) is 0 Å². The molecule has 2 nitrogen and oxygen atoms in total. The van der Waals surface area contributed by atoms with E-state index in [-0.39, 0.29) is 16.3 Å². The molecule has 1 heterocycles. The number of anilines is 1. The van der Waals surface area contributed by atoms with Crippen molar-refractivity contribution in [2.24, 2.45) is 11.3 Å². The normalized spacial score (nSPS) is 23.7. The fraction of sp³-hybridized carbons (Fsp3) is 0.647. The van der Waals surface area contributed by atoms with Crippen molar-refractivity contribution in [3.05, 3.63) is 29.0 Å². The number of rotatable bonds is 2. The lowest BCUT2D eigenvalue weighted by atomic mass is 9.83. The highest BCUT2D eigenvalue weighted by Crippen LogP contribution is 2.31. The van der Waals surface area contributed by atoms with Crippen LogP contribution in [0.2, 0.25) is 5.02 Å². The molecule has 0 bridgehead atoms. The maximum Gasteiger partial charge on any atom is 0.143 e. The molecule has 4 heteroatoms. The third-order valence-electron chi connectivity index (χ3n) is 4.40. The van der Waals surface area contributed by atoms with Crippen molar-refractivity contribution < 1.29 is 4.39 Å². The highest BCUT2D eigenvalue weighted by Gasteiger charge is 2.35. The molecule has 1 N–H and O–H groups in total. The number of nitrogens with zero attached hydrogens (tertiary/aromatic N) is 1. The average Bonchev–Trinajstić information content (AvgIpc) is 2.40. The van der Waals surface area contributed by atoms with Crippen LogP contribution in [0.5, 0.6) is 0 Å². The van der Waals surface area contributed by atoms with E-state index in [9.17, 15) is 4.39 Å². The molecule has 2 atom stereocenters. The molecule has 2 rings (SSSR count). The summed E-state index contributed by atoms with van der Waals surface area (Å²) in [7, 11) is 0. The summed E-state index contributed by atoms with van der Waals surface area (Å²) in [5.41, 5.74) is 1.09. The van der Waals surface area contributed by atoms with E-state index in [4.69, 9.17) is 11.6 Å². The van der Waals surface area contributed by atoms with Crippen LogP contribution in [-0.4, -0.2) is 25.2 Å². The Bertz CT molecular complexity index is 496. The first-order valence-electron chi connectivity index (χ1n) is 7.65. The van der Waals surface area contributed by atoms with Crippen LogP contribution >= 0.6 is 11.6 Å². The summed E-state index contributed by atoms with van der Waals surface area (Å²) in [5, 5.41) is 3.84. The Morgan fingerprint density at radius 1 is 1.33 bits per heavy atom. The van der Waals surface area contributed by atoms with Crippen molar-refractivity contribution in [1.29, 1.82) is 0 Å². The van der Waals surface area contributed by atoms with Crippen LogP contribution in [0.1, 0.15) is 34.6 Å². The van der Waals surface area contributed by atoms with Gasteiger partial charge < -0.3 is 10.2 Å². The summed E-state index contributed by atoms with van der Waals surface area (Å²) in [4.78, 5) is 2.33. The average molecular weight is 313 g/mol. The number of hydrogen-bond acceptors (Lipinski definition) is 2. The first-order valence-corrected chi connectivity index (χ1v) is 8.03. The van der Waals surface area contributed by atoms with Crippen molar-refractivity contribution in [2.45, 2.75) is 46.7 Å². The van der Waals surface area contributed by atoms with Gasteiger partial charge in [-0.25, -0.2) is 4.39 Å². The number of nitrogens with one attached hydrogen (secondary N) is 1. The summed E-state index contributed by atoms with van der Waals surface area (Å²) in [5.74, 6) is 0.152. The van der Waals surface area contributed by atoms with E-state index in [0.29, 0.717) is 18.0 Å². The quantitative estimate of drug-likeness (QED) is 0.874. The molecule has 1 fully saturated rings. The molecule has 0 saturated carbocycles. The lowest BCUT2D eigenvalue weighted by Crippen LogP contribution is -2.62. The van der Waals surface area contributed by atoms with Gasteiger partial charge in [-0.2, -0.15) is 0 Å². The van der Waals surface area contributed by atoms with Gasteiger partial charge >= 0.3 is 0 Å². The molecule has 0 spiro atoms. The standard InChI is InChI=1S/C17H26ClFN2/c1-11(2)15-9-20-16(17(3,4)5)10-21(15)12-6-7-13(18)14(19)8-12/h6-8,11,15-16,20H,9-10H2,1-5H3. The second-order valence-corrected chi connectivity index (χ2v) is 7.80. The van der Waals surface area contributed by atoms with Crippen LogP contribution < -0.4 is 10.2 Å². The van der Waals surface area contributed by atoms with Crippen LogP contribution in [0.15, 0.2) is 18.2 Å². The Hall–Kier alpha value is -0.800. The Labute approximate surface area is 132 Å². The van der Waals surface area contributed by atoms with Gasteiger partial charge in [-0.1, -0.05) is 46.2 Å². The topological polar surface area (TPSA) is 15.3 Å². The van der Waals surface area contributed by atoms with Crippen LogP contribution in [0.25, 0.3) is 0 Å². The van der Waals surface area contributed by atoms with Gasteiger partial charge in [-0.15, -0.1) is 0 Å². The first-order chi connectivity index (χ1) is 9.70. The van der Waals surface area contributed by atoms with Gasteiger partial charge in [0.1, 0.15) is 5.82 Å². The lowest BCUT2D eigenvalue weighted by Gasteiger charge is -2.47. The predicted molar refractivity (Wildman–Crippen MR) is 88.6 cm³/mol. The van der Waals surface area contributed by atoms with Gasteiger partial charge in [0.05, 0.1) is 5.02 Å². The zero-order valence-corrected chi connectivity index (χ0v) is 14.3. The zero-order valence-electron chi connectivity index (χ0n) is 13.6. The summed E-state index contributed by atoms with van der Waals surface area (Å²) < 4.78 is 13.8. The molecular formula is C17H26ClFN2. The molecule has 0 aromatic heterocycles. The Balaban J connectivity index is 2.31. The number of piperazine rings is 1. The third-order valence-corrected chi connectivity index (χ3v) is 4.71. The Kier molecular flexibility index (Phi) is 4.84. The smallest absolute Gasteiger partial charge is 0.143 e. The second kappa shape index (κ2) is 6.13. The molecule has 2 unspecified atom stereocenters. The largest absolute Gasteiger partial charge is 0.365 e. The van der Waals surface area contributed by atoms with Crippen molar-refractivity contribution >= 4 is 17.3 Å². The fourth-order valence-corrected chi connectivity index (χ4v) is 3.02. The predicted octanol–water partition coefficient (Wildman–Crippen LogP) is 4.33. The van der Waals surface area contributed by atoms with Gasteiger partial charge in [0.25, 0.3) is 0 Å². The fourth-order valence-electron chi connectivity index (χ4n) is 2.91. The van der Waals surface area contributed by atoms with E-state index in [0.717, 1.165) is 18.8 Å². The lowest BCUT2D eigenvalue weighted by molar-refractivity contribution is 0.221. The molecule has 1 aromatic rings. The van der Waals surface area contributed by atoms with Crippen LogP contribution in [0.3, 0.4) is 0 Å². The van der Waals surface area contributed by atoms with Crippen LogP contribution in [-0.2, 0) is 0 Å². The van der Waals surface area contributed by atoms with Crippen LogP contribution in [0.4, 0.5) is 10.1 Å². The number of benzene rings is 1. The van der Waals surface area contributed by atoms with E-state index in [1.165, 1.54) is 0 Å². The second-order valence-electron chi connectivity index (χ2n) is 7.39. The first kappa shape index (κ1) is 16.6. The molecule has 0 aliphatic carbocycles. The minimum absolute atomic E-state index is 0.172. The SMILES string of the molecule is CC(C)C1CNC(C(C)(C)C)CN1c1ccc(Cl)c(F)c1. The molecule has 1 aliphatic rings. The minimum Gasteiger partial charge on any atom is -0.365 e. The number of hydrogen-bond donors (Lipinski definition) is 1. The molecule has 118 valence electrons. The molecule has 0 amide bonds. The van der Waals surface area contributed by atoms with E-state index in [1.807, 2.05) is 6.07 Å². The molecule has 1 aliphatic heterocycles. The van der Waals surface area contributed by atoms with Gasteiger partial charge in [-0.05, 0) is 29.5 Å². The molecule has 21 heavy (non-hydrogen) atoms. The summed E-state index contributed by atoms with van der Waals surface area (Å²) in [6.45, 7) is 12.9. The summed E-state index contributed by atoms with van der Waals surface area (Å²) in [6.07, 6.45) is 0. The molecular weight excluding hydrogens is 287 g/mol. The van der Waals surface area contributed by atoms with Crippen molar-refractivity contribution in [3.63, 3.8) is 0 Å². The van der Waals surface area contributed by atoms with E-state index in [2.05, 4.69) is 44.8 Å². The molecule has 0 radical (unpaired) electrons. The van der Waals surface area contributed by atoms with E-state index in [1.54, 1.807) is 12.1 Å². The Morgan fingerprint density at radius 3 is 2.52 bits per heavy atom. The maximum absolute atomic E-state index is 13.8. The summed E-state index contributed by atoms with van der Waals surface area (Å²) >= 11 is 5.81. The van der Waals surface area contributed by atoms with Crippen molar-refractivity contribution in [1.82, 2.24) is 5.32 Å². The molecule has 1 saturated heterocycles. The maximum atomic E-state index is 13.8. The summed E-state index contributed by atoms with van der Waals surface area (Å²) in [6, 6.07) is 5.88. The van der Waals surface area contributed by atoms with E-state index >= 15 is 0 Å². The van der Waals surface area contributed by atoms with Gasteiger partial charge in [0, 0.05) is 30.9 Å². The highest BCUT2D eigenvalue weighted by atomic mass is 35.5. The highest BCUT2D eigenvalue weighted by molar-refractivity contribution is 6.30. The minimum atomic E-state index is -0.345. The van der Waals surface area contributed by atoms with Gasteiger partial charge in [0.15, 0.2) is 0 Å². The number of halogens is 2. The van der Waals surface area contributed by atoms with Crippen molar-refractivity contribution in [2.75, 3.05) is 18.0 Å². The van der Waals surface area contributed by atoms with Gasteiger partial charge in [0.2, 0.25) is 0 Å². The molecule has 1 aromatic carbocycles. The van der Waals surface area contributed by atoms with Crippen LogP contribution in [0, 0.1) is 17.2 Å². The Morgan fingerprint density at radius 2 is 2.00 bits per heavy atom. The third kappa shape index (κ3) is 3.70.